The molecule has 2 aliphatic rings. The van der Waals surface area contributed by atoms with E-state index in [-0.39, 0.29) is 19.6 Å². The van der Waals surface area contributed by atoms with Crippen LogP contribution in [0.4, 0.5) is 4.79 Å². The summed E-state index contributed by atoms with van der Waals surface area (Å²) in [7, 11) is 0. The molecule has 2 aliphatic heterocycles. The highest BCUT2D eigenvalue weighted by molar-refractivity contribution is 5.91. The third-order valence-corrected chi connectivity index (χ3v) is 7.48. The average Bonchev–Trinajstić information content (AvgIpc) is 3.41. The van der Waals surface area contributed by atoms with Crippen molar-refractivity contribution in [2.24, 2.45) is 0 Å². The molecule has 0 radical (unpaired) electrons. The Morgan fingerprint density at radius 3 is 2.76 bits per heavy atom. The maximum Gasteiger partial charge on any atom is 0.407 e. The highest BCUT2D eigenvalue weighted by Crippen LogP contribution is 2.34. The van der Waals surface area contributed by atoms with E-state index in [9.17, 15) is 19.5 Å². The molecule has 1 aromatic heterocycles. The second-order valence-corrected chi connectivity index (χ2v) is 10.5. The van der Waals surface area contributed by atoms with Gasteiger partial charge >= 0.3 is 12.1 Å². The van der Waals surface area contributed by atoms with Crippen molar-refractivity contribution in [3.63, 3.8) is 0 Å². The molecule has 2 amide bonds. The van der Waals surface area contributed by atoms with Gasteiger partial charge in [-0.2, -0.15) is 0 Å². The molecule has 2 aromatic carbocycles. The van der Waals surface area contributed by atoms with Crippen molar-refractivity contribution in [1.29, 1.82) is 0 Å². The van der Waals surface area contributed by atoms with E-state index in [0.29, 0.717) is 31.4 Å². The molecule has 3 heterocycles. The van der Waals surface area contributed by atoms with Crippen molar-refractivity contribution < 1.29 is 29.0 Å². The Morgan fingerprint density at radius 1 is 1.15 bits per heavy atom. The molecule has 1 fully saturated rings. The summed E-state index contributed by atoms with van der Waals surface area (Å²) in [6.45, 7) is 2.28. The molecule has 41 heavy (non-hydrogen) atoms. The van der Waals surface area contributed by atoms with Gasteiger partial charge in [-0.25, -0.2) is 14.6 Å². The molecule has 0 unspecified atom stereocenters. The Kier molecular flexibility index (Phi) is 8.82. The van der Waals surface area contributed by atoms with E-state index in [1.807, 2.05) is 73.7 Å². The number of aromatic nitrogens is 1. The van der Waals surface area contributed by atoms with Crippen LogP contribution in [0.1, 0.15) is 51.0 Å². The first kappa shape index (κ1) is 28.1. The Bertz CT molecular complexity index is 1440. The van der Waals surface area contributed by atoms with Gasteiger partial charge in [0.25, 0.3) is 0 Å². The molecule has 0 saturated carbocycles. The fourth-order valence-electron chi connectivity index (χ4n) is 5.35. The lowest BCUT2D eigenvalue weighted by Crippen LogP contribution is -2.52. The minimum absolute atomic E-state index is 0.0826. The van der Waals surface area contributed by atoms with Crippen LogP contribution in [0.3, 0.4) is 0 Å². The van der Waals surface area contributed by atoms with Gasteiger partial charge in [0.05, 0.1) is 24.4 Å². The Balaban J connectivity index is 1.54. The van der Waals surface area contributed by atoms with Gasteiger partial charge in [-0.3, -0.25) is 4.79 Å². The summed E-state index contributed by atoms with van der Waals surface area (Å²) in [4.78, 5) is 44.7. The van der Waals surface area contributed by atoms with Gasteiger partial charge in [0.15, 0.2) is 0 Å². The molecule has 0 aliphatic carbocycles. The van der Waals surface area contributed by atoms with E-state index in [1.165, 1.54) is 4.90 Å². The van der Waals surface area contributed by atoms with E-state index in [4.69, 9.17) is 14.5 Å². The maximum absolute atomic E-state index is 13.7. The number of nitrogens with zero attached hydrogens (tertiary/aromatic N) is 2. The maximum atomic E-state index is 13.7. The second kappa shape index (κ2) is 12.8. The number of unbranched alkanes of at least 4 members (excludes halogenated alkanes) is 1. The first-order chi connectivity index (χ1) is 19.9. The molecule has 3 atom stereocenters. The normalized spacial score (nSPS) is 22.4. The summed E-state index contributed by atoms with van der Waals surface area (Å²) in [6.07, 6.45) is 6.14. The quantitative estimate of drug-likeness (QED) is 0.430. The van der Waals surface area contributed by atoms with Crippen LogP contribution in [-0.4, -0.2) is 64.3 Å². The molecular weight excluding hydrogens is 522 g/mol. The number of carboxylic acids is 1. The van der Waals surface area contributed by atoms with Crippen LogP contribution in [-0.2, 0) is 14.3 Å². The second-order valence-electron chi connectivity index (χ2n) is 10.5. The van der Waals surface area contributed by atoms with Crippen molar-refractivity contribution in [2.75, 3.05) is 13.2 Å². The number of nitrogens with one attached hydrogen (secondary N) is 1. The number of amides is 2. The zero-order valence-electron chi connectivity index (χ0n) is 23.1. The van der Waals surface area contributed by atoms with Gasteiger partial charge in [-0.05, 0) is 37.0 Å². The highest BCUT2D eigenvalue weighted by atomic mass is 16.5. The number of carbonyl (C=O) groups excluding carboxylic acids is 2. The number of carboxylic acid groups (broad SMARTS) is 1. The molecule has 0 spiro atoms. The molecular formula is C32H35N3O6. The first-order valence-electron chi connectivity index (χ1n) is 14.2. The predicted molar refractivity (Wildman–Crippen MR) is 155 cm³/mol. The van der Waals surface area contributed by atoms with Gasteiger partial charge in [-0.1, -0.05) is 68.3 Å². The number of carbonyl (C=O) groups is 3. The van der Waals surface area contributed by atoms with E-state index in [0.717, 1.165) is 34.1 Å². The fourth-order valence-corrected chi connectivity index (χ4v) is 5.35. The van der Waals surface area contributed by atoms with Crippen molar-refractivity contribution in [3.05, 3.63) is 66.2 Å². The standard InChI is InChI=1S/C32H35N3O6/c1-2-3-13-26-30(36)35-20-23(18-28(35)31(37)38)41-29-19-27(22-11-7-4-8-12-22)33-25-15-14-21(17-24(25)29)10-6-5-9-16-40-32(39)34-26/h4,6-8,10-12,14-15,17,19,23,26,28H,2-3,5,9,13,16,18,20H2,1H3,(H,34,39)(H,37,38)/b10-6+/t23-,26+,28+/m1/s1. The monoisotopic (exact) mass is 557 g/mol. The van der Waals surface area contributed by atoms with Crippen molar-refractivity contribution in [2.45, 2.75) is 63.6 Å². The Hall–Kier alpha value is -4.40. The molecule has 1 saturated heterocycles. The van der Waals surface area contributed by atoms with E-state index >= 15 is 0 Å². The number of hydrogen-bond donors (Lipinski definition) is 2. The van der Waals surface area contributed by atoms with Crippen LogP contribution >= 0.6 is 0 Å². The SMILES string of the molecule is CCCC[C@@H]1NC(=O)OCCC/C=C/c2ccc3nc(-c4ccccc4)cc(c3c2)O[C@@H]2C[C@@H](C(=O)O)N(C2)C1=O. The summed E-state index contributed by atoms with van der Waals surface area (Å²) in [6, 6.07) is 15.7. The molecule has 5 rings (SSSR count). The van der Waals surface area contributed by atoms with Crippen LogP contribution in [0.5, 0.6) is 5.75 Å². The van der Waals surface area contributed by atoms with Gasteiger partial charge in [0, 0.05) is 23.4 Å². The minimum atomic E-state index is -1.11. The zero-order chi connectivity index (χ0) is 28.8. The van der Waals surface area contributed by atoms with E-state index in [2.05, 4.69) is 5.32 Å². The lowest BCUT2D eigenvalue weighted by molar-refractivity contribution is -0.149. The number of fused-ring (bicyclic) bond motifs is 3. The van der Waals surface area contributed by atoms with E-state index in [1.54, 1.807) is 0 Å². The number of ether oxygens (including phenoxy) is 2. The van der Waals surface area contributed by atoms with Gasteiger partial charge in [-0.15, -0.1) is 0 Å². The lowest BCUT2D eigenvalue weighted by atomic mass is 10.1. The van der Waals surface area contributed by atoms with Crippen LogP contribution in [0.15, 0.2) is 60.7 Å². The number of cyclic esters (lactones) is 1. The number of hydrogen-bond acceptors (Lipinski definition) is 6. The van der Waals surface area contributed by atoms with Crippen molar-refractivity contribution in [3.8, 4) is 17.0 Å². The lowest BCUT2D eigenvalue weighted by Gasteiger charge is -2.27. The Morgan fingerprint density at radius 2 is 1.98 bits per heavy atom. The first-order valence-corrected chi connectivity index (χ1v) is 14.2. The molecule has 214 valence electrons. The molecule has 3 aromatic rings. The van der Waals surface area contributed by atoms with Gasteiger partial charge in [0.1, 0.15) is 23.9 Å². The number of aliphatic carboxylic acids is 1. The largest absolute Gasteiger partial charge is 0.488 e. The minimum Gasteiger partial charge on any atom is -0.488 e. The summed E-state index contributed by atoms with van der Waals surface area (Å²) in [5.74, 6) is -0.966. The number of alkyl carbamates (subject to hydrolysis) is 1. The average molecular weight is 558 g/mol. The smallest absolute Gasteiger partial charge is 0.407 e. The predicted octanol–water partition coefficient (Wildman–Crippen LogP) is 5.43. The summed E-state index contributed by atoms with van der Waals surface area (Å²) in [5, 5.41) is 13.5. The summed E-state index contributed by atoms with van der Waals surface area (Å²) >= 11 is 0. The number of allylic oxidation sites excluding steroid dienone is 1. The zero-order valence-corrected chi connectivity index (χ0v) is 23.1. The van der Waals surface area contributed by atoms with Crippen LogP contribution in [0, 0.1) is 0 Å². The highest BCUT2D eigenvalue weighted by Gasteiger charge is 2.43. The van der Waals surface area contributed by atoms with Crippen LogP contribution in [0.25, 0.3) is 28.2 Å². The number of benzene rings is 2. The van der Waals surface area contributed by atoms with Gasteiger partial charge in [0.2, 0.25) is 5.91 Å². The van der Waals surface area contributed by atoms with Crippen LogP contribution < -0.4 is 10.1 Å². The number of rotatable bonds is 5. The topological polar surface area (TPSA) is 118 Å². The third kappa shape index (κ3) is 6.67. The fraction of sp³-hybridized carbons (Fsp3) is 0.375. The van der Waals surface area contributed by atoms with Crippen molar-refractivity contribution >= 4 is 34.9 Å². The molecule has 4 bridgehead atoms. The number of pyridine rings is 1. The molecule has 9 heteroatoms. The summed E-state index contributed by atoms with van der Waals surface area (Å²) < 4.78 is 11.8. The van der Waals surface area contributed by atoms with E-state index < -0.39 is 36.2 Å². The summed E-state index contributed by atoms with van der Waals surface area (Å²) in [5.41, 5.74) is 3.38. The van der Waals surface area contributed by atoms with Gasteiger partial charge < -0.3 is 24.8 Å². The molecule has 9 nitrogen and oxygen atoms in total. The third-order valence-electron chi connectivity index (χ3n) is 7.48. The molecule has 2 N–H and O–H groups in total. The van der Waals surface area contributed by atoms with Crippen LogP contribution in [0.2, 0.25) is 0 Å². The van der Waals surface area contributed by atoms with Crippen molar-refractivity contribution in [1.82, 2.24) is 15.2 Å². The Labute approximate surface area is 239 Å².